The molecule has 19 heavy (non-hydrogen) atoms. The summed E-state index contributed by atoms with van der Waals surface area (Å²) in [7, 11) is 0. The van der Waals surface area contributed by atoms with Crippen LogP contribution in [0.1, 0.15) is 31.2 Å². The fourth-order valence-corrected chi connectivity index (χ4v) is 2.22. The number of hydrogen-bond acceptors (Lipinski definition) is 5. The molecule has 1 aromatic heterocycles. The molecule has 6 heteroatoms. The lowest BCUT2D eigenvalue weighted by atomic mass is 10.1. The number of ether oxygens (including phenoxy) is 2. The van der Waals surface area contributed by atoms with Gasteiger partial charge in [0.15, 0.2) is 11.5 Å². The second-order valence-corrected chi connectivity index (χ2v) is 4.68. The molecule has 1 N–H and O–H groups in total. The lowest BCUT2D eigenvalue weighted by Gasteiger charge is -2.10. The van der Waals surface area contributed by atoms with E-state index in [-0.39, 0.29) is 19.3 Å². The van der Waals surface area contributed by atoms with E-state index in [1.807, 2.05) is 32.0 Å². The fourth-order valence-electron chi connectivity index (χ4n) is 2.22. The van der Waals surface area contributed by atoms with E-state index in [0.717, 1.165) is 17.1 Å². The van der Waals surface area contributed by atoms with Crippen LogP contribution in [0.2, 0.25) is 0 Å². The minimum absolute atomic E-state index is 0.113. The topological polar surface area (TPSA) is 69.4 Å². The summed E-state index contributed by atoms with van der Waals surface area (Å²) >= 11 is 0. The Morgan fingerprint density at radius 2 is 2.11 bits per heavy atom. The Bertz CT molecular complexity index is 607. The normalized spacial score (nSPS) is 13.3. The summed E-state index contributed by atoms with van der Waals surface area (Å²) in [6.07, 6.45) is 0. The molecule has 1 aliphatic heterocycles. The van der Waals surface area contributed by atoms with Crippen molar-refractivity contribution in [2.24, 2.45) is 0 Å². The van der Waals surface area contributed by atoms with Crippen LogP contribution in [0.4, 0.5) is 0 Å². The summed E-state index contributed by atoms with van der Waals surface area (Å²) in [6, 6.07) is 5.61. The van der Waals surface area contributed by atoms with Crippen LogP contribution >= 0.6 is 0 Å². The molecule has 2 heterocycles. The third kappa shape index (κ3) is 1.94. The minimum atomic E-state index is -0.113. The standard InChI is InChI=1S/C13H15N3O3/c1-8(2)13-10(6-17)14-15-16(13)9-3-4-11-12(5-9)19-7-18-11/h3-5,8,17H,6-7H2,1-2H3. The molecule has 0 amide bonds. The largest absolute Gasteiger partial charge is 0.454 e. The zero-order valence-electron chi connectivity index (χ0n) is 10.8. The molecule has 3 rings (SSSR count). The van der Waals surface area contributed by atoms with Crippen molar-refractivity contribution in [1.82, 2.24) is 15.0 Å². The zero-order valence-corrected chi connectivity index (χ0v) is 10.8. The van der Waals surface area contributed by atoms with Gasteiger partial charge in [-0.15, -0.1) is 5.10 Å². The van der Waals surface area contributed by atoms with Gasteiger partial charge in [0.05, 0.1) is 18.0 Å². The van der Waals surface area contributed by atoms with Crippen molar-refractivity contribution in [2.75, 3.05) is 6.79 Å². The number of nitrogens with zero attached hydrogens (tertiary/aromatic N) is 3. The third-order valence-corrected chi connectivity index (χ3v) is 3.08. The Morgan fingerprint density at radius 1 is 1.32 bits per heavy atom. The van der Waals surface area contributed by atoms with E-state index in [2.05, 4.69) is 10.3 Å². The van der Waals surface area contributed by atoms with E-state index in [0.29, 0.717) is 11.4 Å². The number of aromatic nitrogens is 3. The number of benzene rings is 1. The van der Waals surface area contributed by atoms with E-state index in [1.54, 1.807) is 4.68 Å². The van der Waals surface area contributed by atoms with Gasteiger partial charge in [0.1, 0.15) is 5.69 Å². The van der Waals surface area contributed by atoms with Crippen LogP contribution in [0.15, 0.2) is 18.2 Å². The van der Waals surface area contributed by atoms with Gasteiger partial charge < -0.3 is 14.6 Å². The fraction of sp³-hybridized carbons (Fsp3) is 0.385. The highest BCUT2D eigenvalue weighted by Gasteiger charge is 2.19. The molecule has 1 aromatic carbocycles. The summed E-state index contributed by atoms with van der Waals surface area (Å²) in [5.74, 6) is 1.65. The predicted molar refractivity (Wildman–Crippen MR) is 67.5 cm³/mol. The molecule has 0 fully saturated rings. The molecule has 100 valence electrons. The molecular weight excluding hydrogens is 246 g/mol. The first-order valence-corrected chi connectivity index (χ1v) is 6.16. The van der Waals surface area contributed by atoms with Gasteiger partial charge in [0.2, 0.25) is 6.79 Å². The van der Waals surface area contributed by atoms with Crippen molar-refractivity contribution in [3.8, 4) is 17.2 Å². The summed E-state index contributed by atoms with van der Waals surface area (Å²) < 4.78 is 12.4. The number of hydrogen-bond donors (Lipinski definition) is 1. The van der Waals surface area contributed by atoms with Crippen LogP contribution in [0.25, 0.3) is 5.69 Å². The molecule has 0 spiro atoms. The van der Waals surface area contributed by atoms with Gasteiger partial charge in [-0.25, -0.2) is 4.68 Å². The quantitative estimate of drug-likeness (QED) is 0.909. The molecule has 0 bridgehead atoms. The maximum Gasteiger partial charge on any atom is 0.231 e. The van der Waals surface area contributed by atoms with E-state index < -0.39 is 0 Å². The lowest BCUT2D eigenvalue weighted by Crippen LogP contribution is -2.05. The van der Waals surface area contributed by atoms with Crippen LogP contribution in [-0.2, 0) is 6.61 Å². The zero-order chi connectivity index (χ0) is 13.4. The highest BCUT2D eigenvalue weighted by atomic mass is 16.7. The van der Waals surface area contributed by atoms with E-state index >= 15 is 0 Å². The van der Waals surface area contributed by atoms with E-state index in [4.69, 9.17) is 9.47 Å². The maximum absolute atomic E-state index is 9.32. The summed E-state index contributed by atoms with van der Waals surface area (Å²) in [4.78, 5) is 0. The second kappa shape index (κ2) is 4.55. The Balaban J connectivity index is 2.09. The third-order valence-electron chi connectivity index (χ3n) is 3.08. The first-order chi connectivity index (χ1) is 9.20. The summed E-state index contributed by atoms with van der Waals surface area (Å²) in [5, 5.41) is 17.5. The van der Waals surface area contributed by atoms with Crippen molar-refractivity contribution in [2.45, 2.75) is 26.4 Å². The molecule has 0 unspecified atom stereocenters. The number of rotatable bonds is 3. The SMILES string of the molecule is CC(C)c1c(CO)nnn1-c1ccc2c(c1)OCO2. The van der Waals surface area contributed by atoms with E-state index in [9.17, 15) is 5.11 Å². The van der Waals surface area contributed by atoms with Crippen LogP contribution in [0.3, 0.4) is 0 Å². The van der Waals surface area contributed by atoms with Gasteiger partial charge >= 0.3 is 0 Å². The van der Waals surface area contributed by atoms with Gasteiger partial charge in [-0.1, -0.05) is 19.1 Å². The van der Waals surface area contributed by atoms with Gasteiger partial charge in [-0.3, -0.25) is 0 Å². The highest BCUT2D eigenvalue weighted by Crippen LogP contribution is 2.34. The highest BCUT2D eigenvalue weighted by molar-refractivity contribution is 5.50. The van der Waals surface area contributed by atoms with Crippen LogP contribution in [0, 0.1) is 0 Å². The predicted octanol–water partition coefficient (Wildman–Crippen LogP) is 1.61. The monoisotopic (exact) mass is 261 g/mol. The first kappa shape index (κ1) is 12.0. The van der Waals surface area contributed by atoms with Crippen molar-refractivity contribution in [1.29, 1.82) is 0 Å². The molecule has 6 nitrogen and oxygen atoms in total. The molecular formula is C13H15N3O3. The lowest BCUT2D eigenvalue weighted by molar-refractivity contribution is 0.174. The molecule has 0 aliphatic carbocycles. The van der Waals surface area contributed by atoms with Crippen molar-refractivity contribution >= 4 is 0 Å². The van der Waals surface area contributed by atoms with Gasteiger partial charge in [0.25, 0.3) is 0 Å². The van der Waals surface area contributed by atoms with Crippen molar-refractivity contribution in [3.63, 3.8) is 0 Å². The minimum Gasteiger partial charge on any atom is -0.454 e. The molecule has 1 aliphatic rings. The average Bonchev–Trinajstić information content (AvgIpc) is 3.03. The van der Waals surface area contributed by atoms with Crippen LogP contribution in [0.5, 0.6) is 11.5 Å². The summed E-state index contributed by atoms with van der Waals surface area (Å²) in [5.41, 5.74) is 2.36. The number of aliphatic hydroxyl groups is 1. The molecule has 0 radical (unpaired) electrons. The molecule has 0 saturated heterocycles. The van der Waals surface area contributed by atoms with Crippen molar-refractivity contribution < 1.29 is 14.6 Å². The Morgan fingerprint density at radius 3 is 2.84 bits per heavy atom. The van der Waals surface area contributed by atoms with Gasteiger partial charge in [0, 0.05) is 6.07 Å². The second-order valence-electron chi connectivity index (χ2n) is 4.68. The average molecular weight is 261 g/mol. The van der Waals surface area contributed by atoms with E-state index in [1.165, 1.54) is 0 Å². The number of aliphatic hydroxyl groups excluding tert-OH is 1. The molecule has 2 aromatic rings. The smallest absolute Gasteiger partial charge is 0.231 e. The Labute approximate surface area is 110 Å². The Kier molecular flexibility index (Phi) is 2.87. The van der Waals surface area contributed by atoms with Crippen LogP contribution in [-0.4, -0.2) is 26.9 Å². The Hall–Kier alpha value is -2.08. The van der Waals surface area contributed by atoms with Gasteiger partial charge in [-0.05, 0) is 18.1 Å². The van der Waals surface area contributed by atoms with Crippen LogP contribution < -0.4 is 9.47 Å². The summed E-state index contributed by atoms with van der Waals surface area (Å²) in [6.45, 7) is 4.22. The molecule has 0 saturated carbocycles. The first-order valence-electron chi connectivity index (χ1n) is 6.16. The maximum atomic E-state index is 9.32. The molecule has 0 atom stereocenters. The number of fused-ring (bicyclic) bond motifs is 1. The van der Waals surface area contributed by atoms with Gasteiger partial charge in [-0.2, -0.15) is 0 Å². The van der Waals surface area contributed by atoms with Crippen molar-refractivity contribution in [3.05, 3.63) is 29.6 Å².